The molecular formula is C14H23NO4S2. The van der Waals surface area contributed by atoms with Gasteiger partial charge < -0.3 is 5.32 Å². The first-order valence-electron chi connectivity index (χ1n) is 6.86. The second-order valence-corrected chi connectivity index (χ2v) is 9.18. The van der Waals surface area contributed by atoms with Crippen LogP contribution >= 0.6 is 0 Å². The molecular weight excluding hydrogens is 310 g/mol. The normalized spacial score (nSPS) is 14.1. The summed E-state index contributed by atoms with van der Waals surface area (Å²) in [4.78, 5) is 0.130. The summed E-state index contributed by atoms with van der Waals surface area (Å²) in [5, 5.41) is 3.29. The van der Waals surface area contributed by atoms with Crippen LogP contribution in [0.15, 0.2) is 28.0 Å². The zero-order valence-electron chi connectivity index (χ0n) is 12.9. The zero-order valence-corrected chi connectivity index (χ0v) is 14.5. The number of nitrogens with one attached hydrogen (secondary N) is 1. The summed E-state index contributed by atoms with van der Waals surface area (Å²) in [6.07, 6.45) is 3.59. The van der Waals surface area contributed by atoms with Gasteiger partial charge in [-0.1, -0.05) is 19.9 Å². The molecule has 0 saturated heterocycles. The van der Waals surface area contributed by atoms with Crippen LogP contribution in [0.1, 0.15) is 25.8 Å². The van der Waals surface area contributed by atoms with E-state index in [4.69, 9.17) is 0 Å². The van der Waals surface area contributed by atoms with Gasteiger partial charge in [0.05, 0.1) is 9.79 Å². The van der Waals surface area contributed by atoms with Crippen molar-refractivity contribution < 1.29 is 16.8 Å². The fraction of sp³-hybridized carbons (Fsp3) is 0.571. The largest absolute Gasteiger partial charge is 0.314 e. The number of rotatable bonds is 7. The van der Waals surface area contributed by atoms with E-state index < -0.39 is 19.7 Å². The summed E-state index contributed by atoms with van der Waals surface area (Å²) in [7, 11) is -6.90. The zero-order chi connectivity index (χ0) is 16.3. The molecule has 1 unspecified atom stereocenters. The molecule has 1 rings (SSSR count). The maximum Gasteiger partial charge on any atom is 0.175 e. The number of sulfone groups is 2. The lowest BCUT2D eigenvalue weighted by molar-refractivity contribution is 0.506. The van der Waals surface area contributed by atoms with E-state index in [0.717, 1.165) is 25.5 Å². The topological polar surface area (TPSA) is 80.3 Å². The predicted molar refractivity (Wildman–Crippen MR) is 84.1 cm³/mol. The standard InChI is InChI=1S/C14H23NO4S2/c1-5-12(15-6-2)9-11-7-8-13(20(3,16)17)10-14(11)21(4,18)19/h7-8,10,12,15H,5-6,9H2,1-4H3. The van der Waals surface area contributed by atoms with E-state index in [2.05, 4.69) is 5.32 Å². The van der Waals surface area contributed by atoms with Gasteiger partial charge in [-0.2, -0.15) is 0 Å². The van der Waals surface area contributed by atoms with E-state index in [9.17, 15) is 16.8 Å². The van der Waals surface area contributed by atoms with Crippen LogP contribution in [0.4, 0.5) is 0 Å². The summed E-state index contributed by atoms with van der Waals surface area (Å²) in [6.45, 7) is 4.82. The maximum absolute atomic E-state index is 11.9. The third kappa shape index (κ3) is 5.09. The molecule has 0 fully saturated rings. The molecule has 0 saturated carbocycles. The maximum atomic E-state index is 11.9. The highest BCUT2D eigenvalue weighted by Gasteiger charge is 2.19. The summed E-state index contributed by atoms with van der Waals surface area (Å²) >= 11 is 0. The molecule has 0 aliphatic rings. The first-order valence-corrected chi connectivity index (χ1v) is 10.6. The van der Waals surface area contributed by atoms with Crippen LogP contribution in [0.2, 0.25) is 0 Å². The van der Waals surface area contributed by atoms with Crippen LogP contribution in [-0.4, -0.2) is 41.9 Å². The SMILES string of the molecule is CCNC(CC)Cc1ccc(S(C)(=O)=O)cc1S(C)(=O)=O. The van der Waals surface area contributed by atoms with Crippen LogP contribution < -0.4 is 5.32 Å². The molecule has 0 aromatic heterocycles. The Labute approximate surface area is 127 Å². The van der Waals surface area contributed by atoms with Crippen LogP contribution in [0.5, 0.6) is 0 Å². The van der Waals surface area contributed by atoms with Crippen molar-refractivity contribution in [3.8, 4) is 0 Å². The van der Waals surface area contributed by atoms with E-state index in [-0.39, 0.29) is 15.8 Å². The van der Waals surface area contributed by atoms with Gasteiger partial charge in [0, 0.05) is 18.6 Å². The molecule has 1 atom stereocenters. The Morgan fingerprint density at radius 3 is 2.10 bits per heavy atom. The second kappa shape index (κ2) is 6.89. The minimum Gasteiger partial charge on any atom is -0.314 e. The van der Waals surface area contributed by atoms with Crippen molar-refractivity contribution in [2.75, 3.05) is 19.1 Å². The molecule has 1 aromatic rings. The molecule has 1 aromatic carbocycles. The lowest BCUT2D eigenvalue weighted by Crippen LogP contribution is -2.30. The van der Waals surface area contributed by atoms with E-state index in [0.29, 0.717) is 12.0 Å². The van der Waals surface area contributed by atoms with Gasteiger partial charge in [0.25, 0.3) is 0 Å². The van der Waals surface area contributed by atoms with Gasteiger partial charge in [0.15, 0.2) is 19.7 Å². The molecule has 0 aliphatic carbocycles. The number of benzene rings is 1. The van der Waals surface area contributed by atoms with Crippen molar-refractivity contribution in [2.24, 2.45) is 0 Å². The van der Waals surface area contributed by atoms with Crippen molar-refractivity contribution in [1.29, 1.82) is 0 Å². The van der Waals surface area contributed by atoms with Crippen molar-refractivity contribution in [2.45, 2.75) is 42.5 Å². The summed E-state index contributed by atoms with van der Waals surface area (Å²) < 4.78 is 47.1. The molecule has 0 bridgehead atoms. The highest BCUT2D eigenvalue weighted by Crippen LogP contribution is 2.22. The third-order valence-electron chi connectivity index (χ3n) is 3.32. The highest BCUT2D eigenvalue weighted by molar-refractivity contribution is 7.91. The van der Waals surface area contributed by atoms with Crippen molar-refractivity contribution >= 4 is 19.7 Å². The van der Waals surface area contributed by atoms with Crippen molar-refractivity contribution in [3.63, 3.8) is 0 Å². The van der Waals surface area contributed by atoms with Crippen LogP contribution in [0.25, 0.3) is 0 Å². The number of likely N-dealkylation sites (N-methyl/N-ethyl adjacent to an activating group) is 1. The number of hydrogen-bond donors (Lipinski definition) is 1. The fourth-order valence-corrected chi connectivity index (χ4v) is 3.88. The molecule has 0 aliphatic heterocycles. The summed E-state index contributed by atoms with van der Waals surface area (Å²) in [5.41, 5.74) is 0.651. The van der Waals surface area contributed by atoms with Gasteiger partial charge in [0.2, 0.25) is 0 Å². The molecule has 5 nitrogen and oxygen atoms in total. The smallest absolute Gasteiger partial charge is 0.175 e. The molecule has 120 valence electrons. The molecule has 0 heterocycles. The molecule has 7 heteroatoms. The van der Waals surface area contributed by atoms with Crippen molar-refractivity contribution in [1.82, 2.24) is 5.32 Å². The molecule has 1 N–H and O–H groups in total. The Bertz CT molecular complexity index is 694. The Morgan fingerprint density at radius 1 is 1.05 bits per heavy atom. The van der Waals surface area contributed by atoms with Gasteiger partial charge in [-0.3, -0.25) is 0 Å². The van der Waals surface area contributed by atoms with Gasteiger partial charge in [-0.05, 0) is 37.1 Å². The van der Waals surface area contributed by atoms with Gasteiger partial charge >= 0.3 is 0 Å². The molecule has 0 amide bonds. The minimum absolute atomic E-state index is 0.0307. The van der Waals surface area contributed by atoms with Crippen LogP contribution in [-0.2, 0) is 26.1 Å². The second-order valence-electron chi connectivity index (χ2n) is 5.18. The Hall–Kier alpha value is -0.920. The van der Waals surface area contributed by atoms with Gasteiger partial charge in [-0.25, -0.2) is 16.8 Å². The molecule has 0 radical (unpaired) electrons. The fourth-order valence-electron chi connectivity index (χ4n) is 2.19. The Morgan fingerprint density at radius 2 is 1.67 bits per heavy atom. The number of hydrogen-bond acceptors (Lipinski definition) is 5. The van der Waals surface area contributed by atoms with E-state index in [1.54, 1.807) is 6.07 Å². The van der Waals surface area contributed by atoms with E-state index >= 15 is 0 Å². The average molecular weight is 333 g/mol. The van der Waals surface area contributed by atoms with Crippen molar-refractivity contribution in [3.05, 3.63) is 23.8 Å². The van der Waals surface area contributed by atoms with Crippen LogP contribution in [0.3, 0.4) is 0 Å². The van der Waals surface area contributed by atoms with Gasteiger partial charge in [-0.15, -0.1) is 0 Å². The lowest BCUT2D eigenvalue weighted by Gasteiger charge is -2.18. The summed E-state index contributed by atoms with van der Waals surface area (Å²) in [5.74, 6) is 0. The third-order valence-corrected chi connectivity index (χ3v) is 5.61. The average Bonchev–Trinajstić information content (AvgIpc) is 2.36. The first kappa shape index (κ1) is 18.1. The van der Waals surface area contributed by atoms with Crippen LogP contribution in [0, 0.1) is 0 Å². The summed E-state index contributed by atoms with van der Waals surface area (Å²) in [6, 6.07) is 4.50. The van der Waals surface area contributed by atoms with E-state index in [1.807, 2.05) is 13.8 Å². The van der Waals surface area contributed by atoms with Gasteiger partial charge in [0.1, 0.15) is 0 Å². The monoisotopic (exact) mass is 333 g/mol. The Kier molecular flexibility index (Phi) is 5.95. The Balaban J connectivity index is 3.33. The quantitative estimate of drug-likeness (QED) is 0.816. The van der Waals surface area contributed by atoms with E-state index in [1.165, 1.54) is 12.1 Å². The minimum atomic E-state index is -3.48. The highest BCUT2D eigenvalue weighted by atomic mass is 32.2. The first-order chi connectivity index (χ1) is 9.59. The molecule has 0 spiro atoms. The predicted octanol–water partition coefficient (Wildman–Crippen LogP) is 1.42. The lowest BCUT2D eigenvalue weighted by atomic mass is 10.0. The molecule has 21 heavy (non-hydrogen) atoms.